The molecule has 1 aliphatic heterocycles. The van der Waals surface area contributed by atoms with E-state index < -0.39 is 5.97 Å². The van der Waals surface area contributed by atoms with Crippen molar-refractivity contribution in [2.75, 3.05) is 6.54 Å². The highest BCUT2D eigenvalue weighted by molar-refractivity contribution is 5.95. The second kappa shape index (κ2) is 5.38. The van der Waals surface area contributed by atoms with E-state index in [0.29, 0.717) is 11.5 Å². The second-order valence-electron chi connectivity index (χ2n) is 5.10. The molecule has 1 aromatic heterocycles. The lowest BCUT2D eigenvalue weighted by molar-refractivity contribution is 0.0549. The van der Waals surface area contributed by atoms with Gasteiger partial charge in [0.2, 0.25) is 0 Å². The van der Waals surface area contributed by atoms with Crippen LogP contribution < -0.4 is 0 Å². The van der Waals surface area contributed by atoms with Crippen molar-refractivity contribution in [1.29, 1.82) is 0 Å². The Hall–Kier alpha value is -1.91. The molecule has 0 spiro atoms. The minimum Gasteiger partial charge on any atom is -0.477 e. The number of likely N-dealkylation sites (tertiary alicyclic amines) is 1. The van der Waals surface area contributed by atoms with Crippen LogP contribution in [-0.4, -0.2) is 39.5 Å². The van der Waals surface area contributed by atoms with E-state index in [1.54, 1.807) is 0 Å². The smallest absolute Gasteiger partial charge is 0.354 e. The maximum Gasteiger partial charge on any atom is 0.354 e. The van der Waals surface area contributed by atoms with Crippen molar-refractivity contribution in [3.8, 4) is 0 Å². The molecule has 0 aliphatic carbocycles. The predicted octanol–water partition coefficient (Wildman–Crippen LogP) is 2.04. The number of carboxylic acids is 1. The molecule has 2 unspecified atom stereocenters. The van der Waals surface area contributed by atoms with E-state index in [2.05, 4.69) is 18.8 Å². The molecule has 0 aromatic carbocycles. The largest absolute Gasteiger partial charge is 0.477 e. The van der Waals surface area contributed by atoms with Gasteiger partial charge in [0.1, 0.15) is 5.69 Å². The standard InChI is InChI=1S/C14H18N2O3/c1-9-4-3-7-16(10(9)2)13(17)11-5-6-12(14(18)19)15-8-11/h5-6,8-10H,3-4,7H2,1-2H3,(H,18,19). The van der Waals surface area contributed by atoms with Crippen LogP contribution in [0.25, 0.3) is 0 Å². The summed E-state index contributed by atoms with van der Waals surface area (Å²) in [5, 5.41) is 8.78. The average Bonchev–Trinajstić information content (AvgIpc) is 2.41. The quantitative estimate of drug-likeness (QED) is 0.885. The number of nitrogens with zero attached hydrogens (tertiary/aromatic N) is 2. The van der Waals surface area contributed by atoms with E-state index in [0.717, 1.165) is 19.4 Å². The van der Waals surface area contributed by atoms with Crippen LogP contribution in [0.3, 0.4) is 0 Å². The minimum atomic E-state index is -1.08. The summed E-state index contributed by atoms with van der Waals surface area (Å²) in [6, 6.07) is 3.11. The van der Waals surface area contributed by atoms with Gasteiger partial charge in [-0.15, -0.1) is 0 Å². The minimum absolute atomic E-state index is 0.0448. The molecule has 5 heteroatoms. The summed E-state index contributed by atoms with van der Waals surface area (Å²) in [6.45, 7) is 4.96. The third-order valence-corrected chi connectivity index (χ3v) is 3.86. The first-order valence-corrected chi connectivity index (χ1v) is 6.51. The van der Waals surface area contributed by atoms with Gasteiger partial charge in [0.05, 0.1) is 5.56 Å². The Balaban J connectivity index is 2.17. The first-order chi connectivity index (χ1) is 9.00. The van der Waals surface area contributed by atoms with E-state index in [1.807, 2.05) is 4.90 Å². The molecule has 1 aromatic rings. The zero-order chi connectivity index (χ0) is 14.0. The first kappa shape index (κ1) is 13.5. The van der Waals surface area contributed by atoms with Crippen LogP contribution in [0.15, 0.2) is 18.3 Å². The molecule has 2 rings (SSSR count). The molecule has 19 heavy (non-hydrogen) atoms. The highest BCUT2D eigenvalue weighted by Gasteiger charge is 2.29. The highest BCUT2D eigenvalue weighted by atomic mass is 16.4. The fraction of sp³-hybridized carbons (Fsp3) is 0.500. The van der Waals surface area contributed by atoms with Crippen molar-refractivity contribution in [3.05, 3.63) is 29.6 Å². The molecule has 0 radical (unpaired) electrons. The van der Waals surface area contributed by atoms with Crippen LogP contribution in [0.1, 0.15) is 47.5 Å². The fourth-order valence-electron chi connectivity index (χ4n) is 2.43. The maximum absolute atomic E-state index is 12.4. The van der Waals surface area contributed by atoms with Crippen LogP contribution in [-0.2, 0) is 0 Å². The third kappa shape index (κ3) is 2.75. The van der Waals surface area contributed by atoms with E-state index in [1.165, 1.54) is 18.3 Å². The van der Waals surface area contributed by atoms with Gasteiger partial charge in [-0.25, -0.2) is 9.78 Å². The number of pyridine rings is 1. The van der Waals surface area contributed by atoms with Gasteiger partial charge in [-0.05, 0) is 37.8 Å². The van der Waals surface area contributed by atoms with Gasteiger partial charge >= 0.3 is 5.97 Å². The Labute approximate surface area is 112 Å². The summed E-state index contributed by atoms with van der Waals surface area (Å²) < 4.78 is 0. The van der Waals surface area contributed by atoms with Crippen LogP contribution in [0.2, 0.25) is 0 Å². The molecular formula is C14H18N2O3. The number of hydrogen-bond donors (Lipinski definition) is 1. The number of hydrogen-bond acceptors (Lipinski definition) is 3. The topological polar surface area (TPSA) is 70.5 Å². The average molecular weight is 262 g/mol. The SMILES string of the molecule is CC1CCCN(C(=O)c2ccc(C(=O)O)nc2)C1C. The zero-order valence-electron chi connectivity index (χ0n) is 11.2. The van der Waals surface area contributed by atoms with Crippen molar-refractivity contribution in [1.82, 2.24) is 9.88 Å². The van der Waals surface area contributed by atoms with Gasteiger partial charge < -0.3 is 10.0 Å². The lowest BCUT2D eigenvalue weighted by Crippen LogP contribution is -2.46. The van der Waals surface area contributed by atoms with E-state index in [9.17, 15) is 9.59 Å². The highest BCUT2D eigenvalue weighted by Crippen LogP contribution is 2.24. The van der Waals surface area contributed by atoms with E-state index in [4.69, 9.17) is 5.11 Å². The van der Waals surface area contributed by atoms with Crippen molar-refractivity contribution in [2.45, 2.75) is 32.7 Å². The molecule has 1 N–H and O–H groups in total. The number of amides is 1. The van der Waals surface area contributed by atoms with Crippen molar-refractivity contribution >= 4 is 11.9 Å². The summed E-state index contributed by atoms with van der Waals surface area (Å²) in [6.07, 6.45) is 3.50. The number of piperidine rings is 1. The molecule has 1 saturated heterocycles. The Kier molecular flexibility index (Phi) is 3.83. The Morgan fingerprint density at radius 3 is 2.68 bits per heavy atom. The van der Waals surface area contributed by atoms with Gasteiger partial charge in [-0.3, -0.25) is 4.79 Å². The van der Waals surface area contributed by atoms with Crippen molar-refractivity contribution < 1.29 is 14.7 Å². The van der Waals surface area contributed by atoms with Crippen LogP contribution in [0.5, 0.6) is 0 Å². The number of carbonyl (C=O) groups is 2. The Bertz CT molecular complexity index is 484. The van der Waals surface area contributed by atoms with Gasteiger partial charge in [0, 0.05) is 18.8 Å². The summed E-state index contributed by atoms with van der Waals surface area (Å²) in [7, 11) is 0. The molecule has 102 valence electrons. The van der Waals surface area contributed by atoms with Crippen LogP contribution >= 0.6 is 0 Å². The summed E-state index contributed by atoms with van der Waals surface area (Å²) >= 11 is 0. The van der Waals surface area contributed by atoms with Crippen molar-refractivity contribution in [3.63, 3.8) is 0 Å². The number of carbonyl (C=O) groups excluding carboxylic acids is 1. The number of rotatable bonds is 2. The summed E-state index contributed by atoms with van der Waals surface area (Å²) in [5.74, 6) is -0.661. The van der Waals surface area contributed by atoms with Gasteiger partial charge in [-0.2, -0.15) is 0 Å². The number of aromatic carboxylic acids is 1. The second-order valence-corrected chi connectivity index (χ2v) is 5.10. The number of carboxylic acid groups (broad SMARTS) is 1. The van der Waals surface area contributed by atoms with Crippen molar-refractivity contribution in [2.24, 2.45) is 5.92 Å². The molecule has 0 saturated carbocycles. The lowest BCUT2D eigenvalue weighted by atomic mass is 9.91. The molecule has 1 amide bonds. The molecular weight excluding hydrogens is 244 g/mol. The predicted molar refractivity (Wildman–Crippen MR) is 70.1 cm³/mol. The van der Waals surface area contributed by atoms with E-state index >= 15 is 0 Å². The monoisotopic (exact) mass is 262 g/mol. The van der Waals surface area contributed by atoms with Gasteiger partial charge in [0.25, 0.3) is 5.91 Å². The molecule has 2 atom stereocenters. The first-order valence-electron chi connectivity index (χ1n) is 6.51. The van der Waals surface area contributed by atoms with Gasteiger partial charge in [0.15, 0.2) is 0 Å². The Morgan fingerprint density at radius 2 is 2.11 bits per heavy atom. The maximum atomic E-state index is 12.4. The molecule has 1 fully saturated rings. The lowest BCUT2D eigenvalue weighted by Gasteiger charge is -2.37. The molecule has 0 bridgehead atoms. The van der Waals surface area contributed by atoms with Gasteiger partial charge in [-0.1, -0.05) is 6.92 Å². The normalized spacial score (nSPS) is 23.2. The zero-order valence-corrected chi connectivity index (χ0v) is 11.2. The summed E-state index contributed by atoms with van der Waals surface area (Å²) in [5.41, 5.74) is 0.405. The number of aromatic nitrogens is 1. The van der Waals surface area contributed by atoms with E-state index in [-0.39, 0.29) is 17.6 Å². The van der Waals surface area contributed by atoms with Crippen LogP contribution in [0, 0.1) is 5.92 Å². The fourth-order valence-corrected chi connectivity index (χ4v) is 2.43. The molecule has 1 aliphatic rings. The molecule has 5 nitrogen and oxygen atoms in total. The summed E-state index contributed by atoms with van der Waals surface area (Å²) in [4.78, 5) is 28.7. The molecule has 2 heterocycles. The third-order valence-electron chi connectivity index (χ3n) is 3.86. The Morgan fingerprint density at radius 1 is 1.37 bits per heavy atom. The van der Waals surface area contributed by atoms with Crippen LogP contribution in [0.4, 0.5) is 0 Å².